The van der Waals surface area contributed by atoms with Crippen molar-refractivity contribution in [1.29, 1.82) is 0 Å². The Morgan fingerprint density at radius 2 is 2.00 bits per heavy atom. The Labute approximate surface area is 139 Å². The highest BCUT2D eigenvalue weighted by Gasteiger charge is 2.24. The molecule has 0 fully saturated rings. The summed E-state index contributed by atoms with van der Waals surface area (Å²) in [5, 5.41) is 4.76. The normalized spacial score (nSPS) is 17.1. The van der Waals surface area contributed by atoms with Gasteiger partial charge in [-0.25, -0.2) is 9.97 Å². The molecular formula is C18H18N4S. The van der Waals surface area contributed by atoms with Crippen molar-refractivity contribution in [2.24, 2.45) is 0 Å². The quantitative estimate of drug-likeness (QED) is 0.748. The van der Waals surface area contributed by atoms with E-state index in [0.29, 0.717) is 0 Å². The van der Waals surface area contributed by atoms with Gasteiger partial charge in [0.1, 0.15) is 17.0 Å². The fraction of sp³-hybridized carbons (Fsp3) is 0.333. The first-order valence-corrected chi connectivity index (χ1v) is 8.99. The van der Waals surface area contributed by atoms with Crippen LogP contribution in [0.25, 0.3) is 10.2 Å². The van der Waals surface area contributed by atoms with Crippen LogP contribution in [0.1, 0.15) is 21.6 Å². The summed E-state index contributed by atoms with van der Waals surface area (Å²) in [4.78, 5) is 14.2. The standard InChI is InChI=1S/C18H18N4S/c1-2-4-13-10-22(8-6-12(13)3-1)17-16-14-5-7-19-9-15(14)23-18(16)21-11-20-17/h1-4,11,19H,5-10H2. The van der Waals surface area contributed by atoms with E-state index in [1.807, 2.05) is 11.3 Å². The predicted octanol–water partition coefficient (Wildman–Crippen LogP) is 2.90. The van der Waals surface area contributed by atoms with Crippen molar-refractivity contribution >= 4 is 27.4 Å². The lowest BCUT2D eigenvalue weighted by molar-refractivity contribution is 0.656. The second-order valence-electron chi connectivity index (χ2n) is 6.25. The topological polar surface area (TPSA) is 41.1 Å². The number of hydrogen-bond donors (Lipinski definition) is 1. The summed E-state index contributed by atoms with van der Waals surface area (Å²) in [7, 11) is 0. The van der Waals surface area contributed by atoms with Crippen molar-refractivity contribution in [2.75, 3.05) is 18.0 Å². The third-order valence-electron chi connectivity index (χ3n) is 4.92. The maximum Gasteiger partial charge on any atom is 0.141 e. The maximum atomic E-state index is 4.68. The maximum absolute atomic E-state index is 4.68. The van der Waals surface area contributed by atoms with Crippen molar-refractivity contribution in [1.82, 2.24) is 15.3 Å². The van der Waals surface area contributed by atoms with Gasteiger partial charge in [-0.15, -0.1) is 11.3 Å². The third-order valence-corrected chi connectivity index (χ3v) is 6.06. The molecule has 2 aliphatic heterocycles. The van der Waals surface area contributed by atoms with E-state index in [9.17, 15) is 0 Å². The lowest BCUT2D eigenvalue weighted by atomic mass is 9.99. The molecule has 1 N–H and O–H groups in total. The molecule has 0 bridgehead atoms. The Morgan fingerprint density at radius 1 is 1.09 bits per heavy atom. The number of thiophene rings is 1. The number of nitrogens with zero attached hydrogens (tertiary/aromatic N) is 3. The van der Waals surface area contributed by atoms with Gasteiger partial charge in [-0.3, -0.25) is 0 Å². The fourth-order valence-corrected chi connectivity index (χ4v) is 4.91. The van der Waals surface area contributed by atoms with Crippen LogP contribution in [0.3, 0.4) is 0 Å². The summed E-state index contributed by atoms with van der Waals surface area (Å²) in [6.07, 6.45) is 3.91. The minimum Gasteiger partial charge on any atom is -0.351 e. The highest BCUT2D eigenvalue weighted by Crippen LogP contribution is 2.38. The first-order valence-electron chi connectivity index (χ1n) is 8.18. The second kappa shape index (κ2) is 5.28. The Bertz CT molecular complexity index is 886. The SMILES string of the molecule is c1ccc2c(c1)CCN(c1ncnc3sc4c(c13)CCNC4)C2. The molecule has 1 aromatic carbocycles. The summed E-state index contributed by atoms with van der Waals surface area (Å²) in [6, 6.07) is 8.77. The Kier molecular flexibility index (Phi) is 3.09. The lowest BCUT2D eigenvalue weighted by Gasteiger charge is -2.30. The molecule has 0 radical (unpaired) electrons. The zero-order chi connectivity index (χ0) is 15.2. The van der Waals surface area contributed by atoms with Crippen LogP contribution in [-0.2, 0) is 25.9 Å². The van der Waals surface area contributed by atoms with Crippen LogP contribution >= 0.6 is 11.3 Å². The number of hydrogen-bond acceptors (Lipinski definition) is 5. The smallest absolute Gasteiger partial charge is 0.141 e. The molecule has 2 aromatic heterocycles. The van der Waals surface area contributed by atoms with Crippen molar-refractivity contribution in [3.05, 3.63) is 52.2 Å². The van der Waals surface area contributed by atoms with Crippen LogP contribution in [0.2, 0.25) is 0 Å². The van der Waals surface area contributed by atoms with Crippen LogP contribution in [0.4, 0.5) is 5.82 Å². The molecule has 0 atom stereocenters. The Hall–Kier alpha value is -1.98. The predicted molar refractivity (Wildman–Crippen MR) is 94.0 cm³/mol. The minimum atomic E-state index is 0.950. The second-order valence-corrected chi connectivity index (χ2v) is 7.33. The number of aromatic nitrogens is 2. The molecule has 4 nitrogen and oxygen atoms in total. The van der Waals surface area contributed by atoms with Crippen molar-refractivity contribution in [2.45, 2.75) is 25.9 Å². The van der Waals surface area contributed by atoms with Gasteiger partial charge >= 0.3 is 0 Å². The largest absolute Gasteiger partial charge is 0.351 e. The van der Waals surface area contributed by atoms with Gasteiger partial charge in [-0.2, -0.15) is 0 Å². The zero-order valence-electron chi connectivity index (χ0n) is 12.9. The lowest BCUT2D eigenvalue weighted by Crippen LogP contribution is -2.31. The molecule has 2 aliphatic rings. The number of nitrogens with one attached hydrogen (secondary N) is 1. The molecule has 0 unspecified atom stereocenters. The molecule has 23 heavy (non-hydrogen) atoms. The number of rotatable bonds is 1. The van der Waals surface area contributed by atoms with Crippen LogP contribution in [0.5, 0.6) is 0 Å². The Balaban J connectivity index is 1.62. The van der Waals surface area contributed by atoms with Gasteiger partial charge < -0.3 is 10.2 Å². The van der Waals surface area contributed by atoms with E-state index in [-0.39, 0.29) is 0 Å². The minimum absolute atomic E-state index is 0.950. The van der Waals surface area contributed by atoms with Gasteiger partial charge in [0, 0.05) is 24.5 Å². The van der Waals surface area contributed by atoms with E-state index in [1.54, 1.807) is 6.33 Å². The van der Waals surface area contributed by atoms with E-state index < -0.39 is 0 Å². The van der Waals surface area contributed by atoms with E-state index in [0.717, 1.165) is 49.7 Å². The van der Waals surface area contributed by atoms with Gasteiger partial charge in [-0.1, -0.05) is 24.3 Å². The number of fused-ring (bicyclic) bond motifs is 4. The summed E-state index contributed by atoms with van der Waals surface area (Å²) < 4.78 is 0. The van der Waals surface area contributed by atoms with Crippen LogP contribution in [0.15, 0.2) is 30.6 Å². The molecule has 3 aromatic rings. The monoisotopic (exact) mass is 322 g/mol. The van der Waals surface area contributed by atoms with E-state index >= 15 is 0 Å². The van der Waals surface area contributed by atoms with E-state index in [1.165, 1.54) is 27.0 Å². The zero-order valence-corrected chi connectivity index (χ0v) is 13.7. The van der Waals surface area contributed by atoms with E-state index in [2.05, 4.69) is 44.5 Å². The molecule has 5 rings (SSSR count). The van der Waals surface area contributed by atoms with Gasteiger partial charge in [0.05, 0.1) is 5.39 Å². The Morgan fingerprint density at radius 3 is 2.96 bits per heavy atom. The summed E-state index contributed by atoms with van der Waals surface area (Å²) in [5.74, 6) is 1.13. The molecule has 5 heteroatoms. The fourth-order valence-electron chi connectivity index (χ4n) is 3.76. The number of benzene rings is 1. The van der Waals surface area contributed by atoms with Gasteiger partial charge in [0.2, 0.25) is 0 Å². The van der Waals surface area contributed by atoms with Crippen LogP contribution < -0.4 is 10.2 Å². The van der Waals surface area contributed by atoms with E-state index in [4.69, 9.17) is 0 Å². The molecule has 4 heterocycles. The summed E-state index contributed by atoms with van der Waals surface area (Å²) in [5.41, 5.74) is 4.38. The number of anilines is 1. The third kappa shape index (κ3) is 2.15. The van der Waals surface area contributed by atoms with Crippen molar-refractivity contribution < 1.29 is 0 Å². The molecule has 116 valence electrons. The summed E-state index contributed by atoms with van der Waals surface area (Å²) >= 11 is 1.82. The molecule has 0 aliphatic carbocycles. The highest BCUT2D eigenvalue weighted by atomic mass is 32.1. The van der Waals surface area contributed by atoms with Crippen LogP contribution in [0, 0.1) is 0 Å². The van der Waals surface area contributed by atoms with Crippen LogP contribution in [-0.4, -0.2) is 23.1 Å². The average Bonchev–Trinajstić information content (AvgIpc) is 3.00. The molecule has 0 amide bonds. The molecular weight excluding hydrogens is 304 g/mol. The molecule has 0 spiro atoms. The molecule has 0 saturated heterocycles. The van der Waals surface area contributed by atoms with Gasteiger partial charge in [0.25, 0.3) is 0 Å². The first kappa shape index (κ1) is 13.5. The average molecular weight is 322 g/mol. The first-order chi connectivity index (χ1) is 11.4. The van der Waals surface area contributed by atoms with Crippen molar-refractivity contribution in [3.8, 4) is 0 Å². The molecule has 0 saturated carbocycles. The summed E-state index contributed by atoms with van der Waals surface area (Å²) in [6.45, 7) is 4.01. The van der Waals surface area contributed by atoms with Gasteiger partial charge in [-0.05, 0) is 36.1 Å². The highest BCUT2D eigenvalue weighted by molar-refractivity contribution is 7.19. The van der Waals surface area contributed by atoms with Crippen molar-refractivity contribution in [3.63, 3.8) is 0 Å². The van der Waals surface area contributed by atoms with Gasteiger partial charge in [0.15, 0.2) is 0 Å².